The van der Waals surface area contributed by atoms with Gasteiger partial charge in [-0.15, -0.1) is 0 Å². The highest BCUT2D eigenvalue weighted by molar-refractivity contribution is 5.98. The van der Waals surface area contributed by atoms with Gasteiger partial charge in [-0.25, -0.2) is 0 Å². The van der Waals surface area contributed by atoms with Crippen LogP contribution in [0, 0.1) is 0 Å². The van der Waals surface area contributed by atoms with Crippen molar-refractivity contribution in [1.29, 1.82) is 0 Å². The standard InChI is InChI=1S/C39H61N11O14/c40-8-2-1-5-24(34(59)44-17-33(57)58)45-37(62)27-11-21(51)18-48(27)31(55)15-42-35(60)26-7-4-10-47(26)39(64)29-13-23(53)20-50(29)32(56)16-43-36(61)25-6-3-9-46(25)38(63)28-12-22(52)19-49(28)30(54)14-41/h21-29,51-53H,1-20,40-41H2,(H,42,60)(H,43,61)(H,44,59)(H,45,62)(H,57,58)/t21-,22-,23-,24+,25+,26+,27+,28+,29+/m1/s1. The Kier molecular flexibility index (Phi) is 17.3. The number of rotatable bonds is 18. The zero-order valence-corrected chi connectivity index (χ0v) is 35.6. The summed E-state index contributed by atoms with van der Waals surface area (Å²) in [4.78, 5) is 137. The van der Waals surface area contributed by atoms with E-state index in [1.807, 2.05) is 0 Å². The molecule has 5 aliphatic heterocycles. The summed E-state index contributed by atoms with van der Waals surface area (Å²) >= 11 is 0. The van der Waals surface area contributed by atoms with Crippen LogP contribution in [-0.2, 0) is 47.9 Å². The van der Waals surface area contributed by atoms with Crippen LogP contribution < -0.4 is 32.7 Å². The highest BCUT2D eigenvalue weighted by atomic mass is 16.4. The van der Waals surface area contributed by atoms with E-state index in [9.17, 15) is 63.3 Å². The van der Waals surface area contributed by atoms with Crippen LogP contribution in [0.1, 0.15) is 64.2 Å². The van der Waals surface area contributed by atoms with Crippen LogP contribution in [0.2, 0.25) is 0 Å². The number of nitrogens with one attached hydrogen (secondary N) is 4. The lowest BCUT2D eigenvalue weighted by atomic mass is 10.1. The number of amides is 9. The third-order valence-electron chi connectivity index (χ3n) is 12.3. The first-order valence-corrected chi connectivity index (χ1v) is 21.7. The second kappa shape index (κ2) is 22.4. The molecule has 5 fully saturated rings. The van der Waals surface area contributed by atoms with E-state index in [1.165, 1.54) is 14.7 Å². The Bertz CT molecular complexity index is 1800. The van der Waals surface area contributed by atoms with Crippen molar-refractivity contribution in [3.63, 3.8) is 0 Å². The third-order valence-corrected chi connectivity index (χ3v) is 12.3. The molecule has 0 aliphatic carbocycles. The molecule has 0 unspecified atom stereocenters. The normalized spacial score (nSPS) is 27.0. The van der Waals surface area contributed by atoms with Crippen LogP contribution in [0.15, 0.2) is 0 Å². The molecule has 25 heteroatoms. The first kappa shape index (κ1) is 49.5. The quantitative estimate of drug-likeness (QED) is 0.0571. The summed E-state index contributed by atoms with van der Waals surface area (Å²) < 4.78 is 0. The van der Waals surface area contributed by atoms with Gasteiger partial charge >= 0.3 is 5.97 Å². The van der Waals surface area contributed by atoms with Gasteiger partial charge < -0.3 is 77.7 Å². The number of aliphatic hydroxyl groups excluding tert-OH is 3. The van der Waals surface area contributed by atoms with E-state index in [2.05, 4.69) is 21.3 Å². The minimum Gasteiger partial charge on any atom is -0.480 e. The van der Waals surface area contributed by atoms with Crippen molar-refractivity contribution in [3.05, 3.63) is 0 Å². The van der Waals surface area contributed by atoms with Crippen molar-refractivity contribution in [2.45, 2.75) is 119 Å². The molecule has 0 bridgehead atoms. The first-order chi connectivity index (χ1) is 30.4. The number of β-amino-alcohol motifs (C(OH)–C–C–N with tert-alkyl or cyclic N) is 3. The Hall–Kier alpha value is -5.50. The zero-order valence-electron chi connectivity index (χ0n) is 35.6. The summed E-state index contributed by atoms with van der Waals surface area (Å²) in [5, 5.41) is 49.9. The predicted octanol–water partition coefficient (Wildman–Crippen LogP) is -7.14. The molecule has 0 aromatic heterocycles. The predicted molar refractivity (Wildman–Crippen MR) is 218 cm³/mol. The van der Waals surface area contributed by atoms with E-state index in [4.69, 9.17) is 16.6 Å². The molecule has 5 saturated heterocycles. The fraction of sp³-hybridized carbons (Fsp3) is 0.744. The highest BCUT2D eigenvalue weighted by Crippen LogP contribution is 2.28. The summed E-state index contributed by atoms with van der Waals surface area (Å²) in [6.45, 7) is -2.12. The average molecular weight is 908 g/mol. The molecule has 25 nitrogen and oxygen atoms in total. The maximum Gasteiger partial charge on any atom is 0.322 e. The molecule has 5 aliphatic rings. The summed E-state index contributed by atoms with van der Waals surface area (Å²) in [6, 6.07) is -6.56. The number of nitrogens with zero attached hydrogens (tertiary/aromatic N) is 5. The molecule has 12 N–H and O–H groups in total. The Morgan fingerprint density at radius 2 is 1.00 bits per heavy atom. The van der Waals surface area contributed by atoms with Gasteiger partial charge in [0.15, 0.2) is 0 Å². The molecule has 0 saturated carbocycles. The van der Waals surface area contributed by atoms with Crippen LogP contribution in [0.25, 0.3) is 0 Å². The van der Waals surface area contributed by atoms with Crippen LogP contribution in [0.3, 0.4) is 0 Å². The van der Waals surface area contributed by atoms with E-state index in [-0.39, 0.29) is 77.8 Å². The monoisotopic (exact) mass is 907 g/mol. The summed E-state index contributed by atoms with van der Waals surface area (Å²) in [7, 11) is 0. The Balaban J connectivity index is 1.14. The zero-order chi connectivity index (χ0) is 46.8. The molecule has 0 aromatic rings. The topological polar surface area (TPSA) is 368 Å². The number of aliphatic carboxylic acids is 1. The Morgan fingerprint density at radius 1 is 0.547 bits per heavy atom. The van der Waals surface area contributed by atoms with Gasteiger partial charge in [0.2, 0.25) is 53.2 Å². The summed E-state index contributed by atoms with van der Waals surface area (Å²) in [5.41, 5.74) is 11.0. The van der Waals surface area contributed by atoms with Gasteiger partial charge in [-0.1, -0.05) is 0 Å². The van der Waals surface area contributed by atoms with Crippen molar-refractivity contribution in [2.75, 3.05) is 65.4 Å². The Morgan fingerprint density at radius 3 is 1.45 bits per heavy atom. The highest BCUT2D eigenvalue weighted by Gasteiger charge is 2.47. The lowest BCUT2D eigenvalue weighted by Crippen LogP contribution is -2.56. The van der Waals surface area contributed by atoms with Gasteiger partial charge in [0.25, 0.3) is 0 Å². The molecule has 9 atom stereocenters. The van der Waals surface area contributed by atoms with Crippen molar-refractivity contribution in [1.82, 2.24) is 45.8 Å². The number of nitrogens with two attached hydrogens (primary N) is 2. The van der Waals surface area contributed by atoms with Gasteiger partial charge in [0, 0.05) is 52.0 Å². The first-order valence-electron chi connectivity index (χ1n) is 21.7. The number of aliphatic hydroxyl groups is 3. The molecule has 0 aromatic carbocycles. The van der Waals surface area contributed by atoms with E-state index >= 15 is 0 Å². The molecule has 356 valence electrons. The fourth-order valence-electron chi connectivity index (χ4n) is 9.17. The lowest BCUT2D eigenvalue weighted by Gasteiger charge is -2.32. The van der Waals surface area contributed by atoms with Crippen LogP contribution in [-0.4, -0.2) is 224 Å². The SMILES string of the molecule is NCCCC[C@H](NC(=O)[C@@H]1C[C@@H](O)CN1C(=O)CNC(=O)[C@@H]1CCCN1C(=O)[C@@H]1C[C@@H](O)CN1C(=O)CNC(=O)[C@@H]1CCCN1C(=O)[C@@H]1C[C@@H](O)CN1C(=O)CN)C(=O)NCC(=O)O. The van der Waals surface area contributed by atoms with Crippen LogP contribution >= 0.6 is 0 Å². The number of hydrogen-bond acceptors (Lipinski definition) is 15. The minimum absolute atomic E-state index is 0.0103. The minimum atomic E-state index is -1.29. The number of carbonyl (C=O) groups is 10. The fourth-order valence-corrected chi connectivity index (χ4v) is 9.17. The van der Waals surface area contributed by atoms with E-state index in [0.717, 1.165) is 9.80 Å². The Labute approximate surface area is 368 Å². The number of likely N-dealkylation sites (tertiary alicyclic amines) is 5. The summed E-state index contributed by atoms with van der Waals surface area (Å²) in [6.07, 6.45) is -1.00. The second-order valence-electron chi connectivity index (χ2n) is 16.8. The average Bonchev–Trinajstić information content (AvgIpc) is 4.13. The van der Waals surface area contributed by atoms with Gasteiger partial charge in [-0.2, -0.15) is 0 Å². The molecule has 64 heavy (non-hydrogen) atoms. The third kappa shape index (κ3) is 12.0. The number of hydrogen-bond donors (Lipinski definition) is 10. The lowest BCUT2D eigenvalue weighted by molar-refractivity contribution is -0.147. The number of carboxylic acid groups (broad SMARTS) is 1. The van der Waals surface area contributed by atoms with E-state index in [0.29, 0.717) is 32.2 Å². The summed E-state index contributed by atoms with van der Waals surface area (Å²) in [5.74, 6) is -7.24. The number of unbranched alkanes of at least 4 members (excludes halogenated alkanes) is 1. The molecule has 5 heterocycles. The number of carboxylic acids is 1. The molecule has 5 rings (SSSR count). The largest absolute Gasteiger partial charge is 0.480 e. The van der Waals surface area contributed by atoms with Crippen LogP contribution in [0.5, 0.6) is 0 Å². The van der Waals surface area contributed by atoms with Crippen LogP contribution in [0.4, 0.5) is 0 Å². The number of carbonyl (C=O) groups excluding carboxylic acids is 9. The molecule has 0 spiro atoms. The smallest absolute Gasteiger partial charge is 0.322 e. The molecule has 0 radical (unpaired) electrons. The van der Waals surface area contributed by atoms with E-state index in [1.54, 1.807) is 0 Å². The van der Waals surface area contributed by atoms with Gasteiger partial charge in [0.05, 0.1) is 37.9 Å². The van der Waals surface area contributed by atoms with Crippen molar-refractivity contribution < 1.29 is 68.4 Å². The second-order valence-corrected chi connectivity index (χ2v) is 16.8. The van der Waals surface area contributed by atoms with Crippen molar-refractivity contribution in [2.24, 2.45) is 11.5 Å². The van der Waals surface area contributed by atoms with E-state index < -0.39 is 133 Å². The maximum absolute atomic E-state index is 14.0. The van der Waals surface area contributed by atoms with Gasteiger partial charge in [-0.05, 0) is 51.5 Å². The molecule has 9 amide bonds. The van der Waals surface area contributed by atoms with Crippen molar-refractivity contribution in [3.8, 4) is 0 Å². The molecular weight excluding hydrogens is 846 g/mol. The van der Waals surface area contributed by atoms with Gasteiger partial charge in [0.1, 0.15) is 42.8 Å². The van der Waals surface area contributed by atoms with Gasteiger partial charge in [-0.3, -0.25) is 47.9 Å². The van der Waals surface area contributed by atoms with Crippen molar-refractivity contribution >= 4 is 59.1 Å². The maximum atomic E-state index is 14.0. The molecular formula is C39H61N11O14.